The van der Waals surface area contributed by atoms with Crippen LogP contribution in [0.5, 0.6) is 0 Å². The molecule has 0 aliphatic rings. The van der Waals surface area contributed by atoms with E-state index in [-0.39, 0.29) is 11.4 Å². The lowest BCUT2D eigenvalue weighted by molar-refractivity contribution is 0.431. The molecule has 2 heterocycles. The Morgan fingerprint density at radius 3 is 2.52 bits per heavy atom. The summed E-state index contributed by atoms with van der Waals surface area (Å²) in [4.78, 5) is 0.228. The van der Waals surface area contributed by atoms with Crippen LogP contribution in [0, 0.1) is 0 Å². The fourth-order valence-corrected chi connectivity index (χ4v) is 3.83. The standard InChI is InChI=1S/C18H22FN5O2S/c1-22(14-17-15-24(21-20-17)12-4-9-19)27(25,26)18-7-5-16(6-8-18)13-23-10-2-3-11-23/h2-3,5-8,10-11,15H,4,9,12-14H2,1H3. The van der Waals surface area contributed by atoms with Crippen LogP contribution >= 0.6 is 0 Å². The van der Waals surface area contributed by atoms with E-state index < -0.39 is 16.7 Å². The lowest BCUT2D eigenvalue weighted by Crippen LogP contribution is -2.26. The van der Waals surface area contributed by atoms with Gasteiger partial charge < -0.3 is 4.57 Å². The zero-order valence-electron chi connectivity index (χ0n) is 15.1. The van der Waals surface area contributed by atoms with Gasteiger partial charge in [-0.1, -0.05) is 17.3 Å². The molecule has 0 amide bonds. The Kier molecular flexibility index (Phi) is 6.02. The number of aromatic nitrogens is 4. The zero-order chi connectivity index (χ0) is 19.3. The van der Waals surface area contributed by atoms with Gasteiger partial charge in [-0.05, 0) is 36.2 Å². The van der Waals surface area contributed by atoms with Gasteiger partial charge in [0, 0.05) is 38.7 Å². The van der Waals surface area contributed by atoms with E-state index in [1.54, 1.807) is 18.3 Å². The second kappa shape index (κ2) is 8.45. The first-order valence-electron chi connectivity index (χ1n) is 8.60. The van der Waals surface area contributed by atoms with Crippen molar-refractivity contribution in [3.05, 3.63) is 66.2 Å². The molecule has 9 heteroatoms. The average Bonchev–Trinajstić information content (AvgIpc) is 3.32. The molecule has 27 heavy (non-hydrogen) atoms. The molecule has 0 unspecified atom stereocenters. The molecule has 0 radical (unpaired) electrons. The number of hydrogen-bond acceptors (Lipinski definition) is 4. The highest BCUT2D eigenvalue weighted by atomic mass is 32.2. The fraction of sp³-hybridized carbons (Fsp3) is 0.333. The van der Waals surface area contributed by atoms with Gasteiger partial charge >= 0.3 is 0 Å². The van der Waals surface area contributed by atoms with Gasteiger partial charge in [-0.2, -0.15) is 4.31 Å². The molecule has 0 aliphatic heterocycles. The second-order valence-corrected chi connectivity index (χ2v) is 8.32. The lowest BCUT2D eigenvalue weighted by Gasteiger charge is -2.16. The highest BCUT2D eigenvalue weighted by Gasteiger charge is 2.22. The molecule has 1 aromatic carbocycles. The van der Waals surface area contributed by atoms with Crippen molar-refractivity contribution in [3.63, 3.8) is 0 Å². The Morgan fingerprint density at radius 2 is 1.85 bits per heavy atom. The van der Waals surface area contributed by atoms with Crippen molar-refractivity contribution in [2.24, 2.45) is 0 Å². The van der Waals surface area contributed by atoms with Crippen molar-refractivity contribution >= 4 is 10.0 Å². The number of aryl methyl sites for hydroxylation is 1. The lowest BCUT2D eigenvalue weighted by atomic mass is 10.2. The van der Waals surface area contributed by atoms with Gasteiger partial charge in [-0.25, -0.2) is 8.42 Å². The number of sulfonamides is 1. The SMILES string of the molecule is CN(Cc1cn(CCCF)nn1)S(=O)(=O)c1ccc(Cn2cccc2)cc1. The minimum Gasteiger partial charge on any atom is -0.350 e. The summed E-state index contributed by atoms with van der Waals surface area (Å²) >= 11 is 0. The fourth-order valence-electron chi connectivity index (χ4n) is 2.69. The zero-order valence-corrected chi connectivity index (χ0v) is 15.9. The van der Waals surface area contributed by atoms with E-state index >= 15 is 0 Å². The number of alkyl halides is 1. The maximum Gasteiger partial charge on any atom is 0.243 e. The highest BCUT2D eigenvalue weighted by molar-refractivity contribution is 7.89. The molecule has 144 valence electrons. The molecule has 0 spiro atoms. The molecule has 3 rings (SSSR count). The Hall–Kier alpha value is -2.52. The van der Waals surface area contributed by atoms with Crippen LogP contribution < -0.4 is 0 Å². The van der Waals surface area contributed by atoms with Gasteiger partial charge in [-0.15, -0.1) is 5.10 Å². The maximum absolute atomic E-state index is 12.8. The van der Waals surface area contributed by atoms with Gasteiger partial charge in [0.05, 0.1) is 23.8 Å². The number of hydrogen-bond donors (Lipinski definition) is 0. The Morgan fingerprint density at radius 1 is 1.15 bits per heavy atom. The van der Waals surface area contributed by atoms with Gasteiger partial charge in [0.2, 0.25) is 10.0 Å². The minimum atomic E-state index is -3.63. The molecule has 0 aliphatic carbocycles. The number of rotatable bonds is 9. The monoisotopic (exact) mass is 391 g/mol. The van der Waals surface area contributed by atoms with Gasteiger partial charge in [0.25, 0.3) is 0 Å². The summed E-state index contributed by atoms with van der Waals surface area (Å²) in [5.41, 5.74) is 1.53. The van der Waals surface area contributed by atoms with Crippen molar-refractivity contribution in [1.82, 2.24) is 23.9 Å². The number of benzene rings is 1. The normalized spacial score (nSPS) is 12.0. The first-order chi connectivity index (χ1) is 13.0. The van der Waals surface area contributed by atoms with E-state index in [4.69, 9.17) is 0 Å². The van der Waals surface area contributed by atoms with Crippen molar-refractivity contribution in [1.29, 1.82) is 0 Å². The summed E-state index contributed by atoms with van der Waals surface area (Å²) in [6.45, 7) is 0.779. The Bertz CT molecular complexity index is 952. The Balaban J connectivity index is 1.66. The topological polar surface area (TPSA) is 73.0 Å². The van der Waals surface area contributed by atoms with E-state index in [2.05, 4.69) is 10.3 Å². The van der Waals surface area contributed by atoms with E-state index in [1.807, 2.05) is 41.2 Å². The summed E-state index contributed by atoms with van der Waals surface area (Å²) < 4.78 is 42.5. The molecular formula is C18H22FN5O2S. The van der Waals surface area contributed by atoms with Gasteiger partial charge in [-0.3, -0.25) is 9.07 Å². The van der Waals surface area contributed by atoms with Gasteiger partial charge in [0.1, 0.15) is 0 Å². The summed E-state index contributed by atoms with van der Waals surface area (Å²) in [6, 6.07) is 10.7. The number of halogens is 1. The van der Waals surface area contributed by atoms with Crippen molar-refractivity contribution in [2.45, 2.75) is 31.0 Å². The van der Waals surface area contributed by atoms with E-state index in [1.165, 1.54) is 16.0 Å². The van der Waals surface area contributed by atoms with Crippen LogP contribution in [-0.4, -0.2) is 46.0 Å². The van der Waals surface area contributed by atoms with E-state index in [9.17, 15) is 12.8 Å². The molecule has 2 aromatic heterocycles. The Labute approximate surface area is 158 Å². The average molecular weight is 391 g/mol. The van der Waals surface area contributed by atoms with E-state index in [0.717, 1.165) is 5.56 Å². The molecular weight excluding hydrogens is 369 g/mol. The molecule has 0 fully saturated rings. The second-order valence-electron chi connectivity index (χ2n) is 6.28. The van der Waals surface area contributed by atoms with Gasteiger partial charge in [0.15, 0.2) is 0 Å². The quantitative estimate of drug-likeness (QED) is 0.561. The highest BCUT2D eigenvalue weighted by Crippen LogP contribution is 2.17. The van der Waals surface area contributed by atoms with Crippen LogP contribution in [0.3, 0.4) is 0 Å². The van der Waals surface area contributed by atoms with Crippen molar-refractivity contribution in [3.8, 4) is 0 Å². The van der Waals surface area contributed by atoms with Crippen LogP contribution in [0.25, 0.3) is 0 Å². The largest absolute Gasteiger partial charge is 0.350 e. The summed E-state index contributed by atoms with van der Waals surface area (Å²) in [6.07, 6.45) is 5.91. The maximum atomic E-state index is 12.8. The molecule has 0 N–H and O–H groups in total. The summed E-state index contributed by atoms with van der Waals surface area (Å²) in [5.74, 6) is 0. The third-order valence-corrected chi connectivity index (χ3v) is 5.97. The molecule has 7 nitrogen and oxygen atoms in total. The minimum absolute atomic E-state index is 0.100. The van der Waals surface area contributed by atoms with Crippen LogP contribution in [0.4, 0.5) is 4.39 Å². The smallest absolute Gasteiger partial charge is 0.243 e. The molecule has 0 atom stereocenters. The third-order valence-electron chi connectivity index (χ3n) is 4.15. The van der Waals surface area contributed by atoms with Crippen molar-refractivity contribution < 1.29 is 12.8 Å². The first-order valence-corrected chi connectivity index (χ1v) is 10.0. The van der Waals surface area contributed by atoms with Crippen LogP contribution in [0.15, 0.2) is 59.9 Å². The van der Waals surface area contributed by atoms with Crippen LogP contribution in [0.1, 0.15) is 17.7 Å². The molecule has 0 bridgehead atoms. The van der Waals surface area contributed by atoms with Crippen LogP contribution in [-0.2, 0) is 29.7 Å². The molecule has 0 saturated carbocycles. The van der Waals surface area contributed by atoms with Crippen molar-refractivity contribution in [2.75, 3.05) is 13.7 Å². The predicted octanol–water partition coefficient (Wildman–Crippen LogP) is 2.31. The number of nitrogens with zero attached hydrogens (tertiary/aromatic N) is 5. The molecule has 3 aromatic rings. The third kappa shape index (κ3) is 4.81. The van der Waals surface area contributed by atoms with Crippen LogP contribution in [0.2, 0.25) is 0 Å². The summed E-state index contributed by atoms with van der Waals surface area (Å²) in [5, 5.41) is 7.84. The first kappa shape index (κ1) is 19.2. The predicted molar refractivity (Wildman–Crippen MR) is 99.2 cm³/mol. The van der Waals surface area contributed by atoms with E-state index in [0.29, 0.717) is 25.2 Å². The summed E-state index contributed by atoms with van der Waals surface area (Å²) in [7, 11) is -2.13. The molecule has 0 saturated heterocycles.